The highest BCUT2D eigenvalue weighted by atomic mass is 32.1. The van der Waals surface area contributed by atoms with Crippen LogP contribution in [-0.4, -0.2) is 17.9 Å². The van der Waals surface area contributed by atoms with Crippen molar-refractivity contribution in [3.8, 4) is 12.0 Å². The summed E-state index contributed by atoms with van der Waals surface area (Å²) in [6, 6.07) is 1.70. The molecule has 2 rings (SSSR count). The van der Waals surface area contributed by atoms with E-state index in [0.717, 1.165) is 10.2 Å². The number of thiophene rings is 1. The average molecular weight is 221 g/mol. The number of fused-ring (bicyclic) bond motifs is 1. The first-order valence-corrected chi connectivity index (χ1v) is 4.97. The van der Waals surface area contributed by atoms with Crippen molar-refractivity contribution >= 4 is 27.5 Å². The van der Waals surface area contributed by atoms with E-state index < -0.39 is 0 Å². The third-order valence-electron chi connectivity index (χ3n) is 1.94. The molecule has 0 radical (unpaired) electrons. The van der Waals surface area contributed by atoms with Gasteiger partial charge in [-0.25, -0.2) is 0 Å². The van der Waals surface area contributed by atoms with Gasteiger partial charge >= 0.3 is 0 Å². The van der Waals surface area contributed by atoms with Crippen LogP contribution >= 0.6 is 11.3 Å². The quantitative estimate of drug-likeness (QED) is 0.753. The molecule has 0 aliphatic carbocycles. The number of nitrogens with zero attached hydrogens (tertiary/aromatic N) is 1. The van der Waals surface area contributed by atoms with Crippen LogP contribution in [-0.2, 0) is 0 Å². The molecule has 15 heavy (non-hydrogen) atoms. The van der Waals surface area contributed by atoms with Crippen molar-refractivity contribution in [1.29, 1.82) is 5.26 Å². The number of hydrogen-bond acceptors (Lipinski definition) is 4. The van der Waals surface area contributed by atoms with E-state index in [2.05, 4.69) is 10.3 Å². The highest BCUT2D eigenvalue weighted by molar-refractivity contribution is 7.20. The Hall–Kier alpha value is -2.00. The normalized spacial score (nSPS) is 9.87. The van der Waals surface area contributed by atoms with Gasteiger partial charge in [0.25, 0.3) is 12.2 Å². The van der Waals surface area contributed by atoms with Gasteiger partial charge in [-0.2, -0.15) is 0 Å². The number of carbonyl (C=O) groups is 1. The van der Waals surface area contributed by atoms with E-state index in [4.69, 9.17) is 10.00 Å². The van der Waals surface area contributed by atoms with Gasteiger partial charge < -0.3 is 15.0 Å². The molecule has 0 fully saturated rings. The third kappa shape index (κ3) is 1.53. The zero-order valence-corrected chi connectivity index (χ0v) is 8.64. The number of amides is 1. The number of nitriles is 1. The van der Waals surface area contributed by atoms with Crippen LogP contribution < -0.4 is 10.1 Å². The van der Waals surface area contributed by atoms with Gasteiger partial charge in [0.05, 0.1) is 10.3 Å². The van der Waals surface area contributed by atoms with E-state index in [1.807, 2.05) is 0 Å². The fourth-order valence-electron chi connectivity index (χ4n) is 1.26. The molecule has 0 saturated carbocycles. The summed E-state index contributed by atoms with van der Waals surface area (Å²) in [5, 5.41) is 11.7. The van der Waals surface area contributed by atoms with E-state index in [1.165, 1.54) is 11.3 Å². The highest BCUT2D eigenvalue weighted by Crippen LogP contribution is 2.32. The lowest BCUT2D eigenvalue weighted by Gasteiger charge is -1.92. The van der Waals surface area contributed by atoms with Gasteiger partial charge in [0.2, 0.25) is 0 Å². The van der Waals surface area contributed by atoms with Gasteiger partial charge in [-0.1, -0.05) is 0 Å². The molecule has 76 valence electrons. The third-order valence-corrected chi connectivity index (χ3v) is 3.00. The fraction of sp³-hybridized carbons (Fsp3) is 0.111. The lowest BCUT2D eigenvalue weighted by molar-refractivity contribution is 0.0967. The second kappa shape index (κ2) is 3.63. The van der Waals surface area contributed by atoms with E-state index in [1.54, 1.807) is 25.6 Å². The predicted molar refractivity (Wildman–Crippen MR) is 55.8 cm³/mol. The lowest BCUT2D eigenvalue weighted by Crippen LogP contribution is -2.15. The number of rotatable bonds is 2. The smallest absolute Gasteiger partial charge is 0.292 e. The minimum absolute atomic E-state index is 0.146. The van der Waals surface area contributed by atoms with Gasteiger partial charge in [0.1, 0.15) is 4.83 Å². The van der Waals surface area contributed by atoms with Crippen molar-refractivity contribution in [2.24, 2.45) is 0 Å². The Morgan fingerprint density at radius 1 is 1.73 bits per heavy atom. The molecular formula is C9H7N3O2S. The zero-order valence-electron chi connectivity index (χ0n) is 7.83. The molecule has 2 heterocycles. The molecule has 6 heteroatoms. The van der Waals surface area contributed by atoms with Crippen molar-refractivity contribution in [3.63, 3.8) is 0 Å². The van der Waals surface area contributed by atoms with Crippen molar-refractivity contribution in [2.45, 2.75) is 0 Å². The van der Waals surface area contributed by atoms with Crippen LogP contribution in [0.1, 0.15) is 9.67 Å². The van der Waals surface area contributed by atoms with Crippen LogP contribution in [0.15, 0.2) is 12.3 Å². The zero-order chi connectivity index (χ0) is 10.8. The molecule has 0 aliphatic heterocycles. The summed E-state index contributed by atoms with van der Waals surface area (Å²) >= 11 is 1.32. The maximum atomic E-state index is 11.3. The number of H-pyrrole nitrogens is 1. The van der Waals surface area contributed by atoms with Crippen molar-refractivity contribution in [2.75, 3.05) is 7.05 Å². The fourth-order valence-corrected chi connectivity index (χ4v) is 2.24. The Morgan fingerprint density at radius 3 is 3.20 bits per heavy atom. The minimum atomic E-state index is -0.146. The van der Waals surface area contributed by atoms with Crippen molar-refractivity contribution < 1.29 is 9.53 Å². The van der Waals surface area contributed by atoms with E-state index >= 15 is 0 Å². The van der Waals surface area contributed by atoms with Gasteiger partial charge in [0, 0.05) is 13.2 Å². The Morgan fingerprint density at radius 2 is 2.53 bits per heavy atom. The first-order valence-electron chi connectivity index (χ1n) is 4.15. The van der Waals surface area contributed by atoms with Gasteiger partial charge in [-0.05, 0) is 6.07 Å². The van der Waals surface area contributed by atoms with Gasteiger partial charge in [0.15, 0.2) is 5.75 Å². The average Bonchev–Trinajstić information content (AvgIpc) is 2.79. The molecule has 0 aliphatic rings. The monoisotopic (exact) mass is 221 g/mol. The number of nitrogens with one attached hydrogen (secondary N) is 2. The lowest BCUT2D eigenvalue weighted by atomic mass is 10.3. The predicted octanol–water partition coefficient (Wildman–Crippen LogP) is 1.45. The van der Waals surface area contributed by atoms with Crippen LogP contribution in [0.2, 0.25) is 0 Å². The van der Waals surface area contributed by atoms with Crippen LogP contribution in [0.5, 0.6) is 5.75 Å². The molecule has 5 nitrogen and oxygen atoms in total. The number of aromatic amines is 1. The van der Waals surface area contributed by atoms with E-state index in [-0.39, 0.29) is 5.91 Å². The Balaban J connectivity index is 2.48. The second-order valence-corrected chi connectivity index (χ2v) is 3.83. The molecular weight excluding hydrogens is 214 g/mol. The van der Waals surface area contributed by atoms with Crippen molar-refractivity contribution in [1.82, 2.24) is 10.3 Å². The Labute approximate surface area is 89.3 Å². The number of carbonyl (C=O) groups excluding carboxylic acids is 1. The summed E-state index contributed by atoms with van der Waals surface area (Å²) in [5.41, 5.74) is 0. The Bertz CT molecular complexity index is 549. The van der Waals surface area contributed by atoms with Gasteiger partial charge in [-0.15, -0.1) is 16.6 Å². The summed E-state index contributed by atoms with van der Waals surface area (Å²) in [7, 11) is 1.57. The standard InChI is InChI=1S/C9H7N3O2S/c1-11-8(13)7-2-5-6(14-4-10)3-12-9(5)15-7/h2-3,12H,1H3,(H,11,13). The topological polar surface area (TPSA) is 77.9 Å². The molecule has 0 bridgehead atoms. The summed E-state index contributed by atoms with van der Waals surface area (Å²) in [6.07, 6.45) is 3.19. The molecule has 0 aromatic carbocycles. The number of aromatic nitrogens is 1. The molecule has 1 amide bonds. The molecule has 2 N–H and O–H groups in total. The molecule has 0 spiro atoms. The molecule has 2 aromatic heterocycles. The summed E-state index contributed by atoms with van der Waals surface area (Å²) in [6.45, 7) is 0. The van der Waals surface area contributed by atoms with Crippen LogP contribution in [0.3, 0.4) is 0 Å². The molecule has 0 saturated heterocycles. The summed E-state index contributed by atoms with van der Waals surface area (Å²) in [5.74, 6) is 0.298. The van der Waals surface area contributed by atoms with E-state index in [9.17, 15) is 4.79 Å². The van der Waals surface area contributed by atoms with Gasteiger partial charge in [-0.3, -0.25) is 4.79 Å². The largest absolute Gasteiger partial charge is 0.386 e. The molecule has 2 aromatic rings. The Kier molecular flexibility index (Phi) is 2.31. The first-order chi connectivity index (χ1) is 7.26. The highest BCUT2D eigenvalue weighted by Gasteiger charge is 2.13. The maximum Gasteiger partial charge on any atom is 0.292 e. The van der Waals surface area contributed by atoms with E-state index in [0.29, 0.717) is 10.6 Å². The summed E-state index contributed by atoms with van der Waals surface area (Å²) in [4.78, 5) is 15.7. The number of hydrogen-bond donors (Lipinski definition) is 2. The maximum absolute atomic E-state index is 11.3. The van der Waals surface area contributed by atoms with Crippen molar-refractivity contribution in [3.05, 3.63) is 17.1 Å². The van der Waals surface area contributed by atoms with Crippen LogP contribution in [0, 0.1) is 11.5 Å². The van der Waals surface area contributed by atoms with Crippen LogP contribution in [0.25, 0.3) is 10.2 Å². The first kappa shape index (κ1) is 9.55. The SMILES string of the molecule is CNC(=O)c1cc2c(OC#N)c[nH]c2s1. The molecule has 0 atom stereocenters. The second-order valence-electron chi connectivity index (χ2n) is 2.78. The van der Waals surface area contributed by atoms with Crippen LogP contribution in [0.4, 0.5) is 0 Å². The molecule has 0 unspecified atom stereocenters. The minimum Gasteiger partial charge on any atom is -0.386 e. The summed E-state index contributed by atoms with van der Waals surface area (Å²) < 4.78 is 4.74. The number of ether oxygens (including phenoxy) is 1.